The first kappa shape index (κ1) is 40.3. The molecule has 0 saturated heterocycles. The standard InChI is InChI=1S/C69H52/c1-67(2)59-27-14-12-23-55(59)66-56(25-16-28-60(66)67)65-53-22-10-9-21-52(53)64(54-36-30-42(37-57(54)65)43-29-33-49-48-20-11-13-26-58(48)68(3,4)61(49)38-43)45-32-35-51-50-34-31-44(39-62(50)69(5,6)63(51)40-45)47-24-15-18-41-17-7-8-19-46(41)47/h7-40H,1-6H3. The van der Waals surface area contributed by atoms with Crippen molar-refractivity contribution in [3.63, 3.8) is 0 Å². The average Bonchev–Trinajstić information content (AvgIpc) is 3.86. The van der Waals surface area contributed by atoms with Crippen LogP contribution < -0.4 is 0 Å². The molecule has 14 rings (SSSR count). The van der Waals surface area contributed by atoms with Crippen LogP contribution >= 0.6 is 0 Å². The second-order valence-electron chi connectivity index (χ2n) is 21.6. The highest BCUT2D eigenvalue weighted by atomic mass is 14.4. The Bertz CT molecular complexity index is 4030. The van der Waals surface area contributed by atoms with Crippen LogP contribution in [0.5, 0.6) is 0 Å². The summed E-state index contributed by atoms with van der Waals surface area (Å²) >= 11 is 0. The number of hydrogen-bond donors (Lipinski definition) is 0. The van der Waals surface area contributed by atoms with Crippen LogP contribution in [-0.2, 0) is 16.2 Å². The van der Waals surface area contributed by atoms with Crippen molar-refractivity contribution >= 4 is 32.3 Å². The Kier molecular flexibility index (Phi) is 8.25. The first-order valence-electron chi connectivity index (χ1n) is 24.7. The van der Waals surface area contributed by atoms with E-state index in [9.17, 15) is 0 Å². The van der Waals surface area contributed by atoms with Crippen molar-refractivity contribution in [2.24, 2.45) is 0 Å². The predicted molar refractivity (Wildman–Crippen MR) is 293 cm³/mol. The van der Waals surface area contributed by atoms with E-state index < -0.39 is 0 Å². The average molecular weight is 881 g/mol. The molecule has 3 aliphatic carbocycles. The molecule has 0 aromatic heterocycles. The summed E-state index contributed by atoms with van der Waals surface area (Å²) < 4.78 is 0. The Morgan fingerprint density at radius 1 is 0.217 bits per heavy atom. The molecule has 0 unspecified atom stereocenters. The van der Waals surface area contributed by atoms with E-state index in [1.165, 1.54) is 144 Å². The Hall–Kier alpha value is -7.80. The number of rotatable bonds is 4. The van der Waals surface area contributed by atoms with Crippen molar-refractivity contribution < 1.29 is 0 Å². The second-order valence-corrected chi connectivity index (χ2v) is 21.6. The van der Waals surface area contributed by atoms with Crippen molar-refractivity contribution in [3.05, 3.63) is 240 Å². The highest BCUT2D eigenvalue weighted by Crippen LogP contribution is 2.57. The summed E-state index contributed by atoms with van der Waals surface area (Å²) in [6.45, 7) is 14.4. The molecule has 69 heavy (non-hydrogen) atoms. The van der Waals surface area contributed by atoms with Crippen molar-refractivity contribution in [1.82, 2.24) is 0 Å². The maximum Gasteiger partial charge on any atom is 0.0159 e. The lowest BCUT2D eigenvalue weighted by molar-refractivity contribution is 0.660. The lowest BCUT2D eigenvalue weighted by atomic mass is 9.79. The van der Waals surface area contributed by atoms with E-state index in [4.69, 9.17) is 0 Å². The molecular weight excluding hydrogens is 829 g/mol. The maximum absolute atomic E-state index is 2.53. The van der Waals surface area contributed by atoms with Crippen LogP contribution in [0.15, 0.2) is 206 Å². The quantitative estimate of drug-likeness (QED) is 0.155. The van der Waals surface area contributed by atoms with E-state index in [1.807, 2.05) is 0 Å². The molecule has 3 aliphatic rings. The highest BCUT2D eigenvalue weighted by Gasteiger charge is 2.39. The molecule has 0 heteroatoms. The maximum atomic E-state index is 2.53. The first-order valence-corrected chi connectivity index (χ1v) is 24.7. The minimum Gasteiger partial charge on any atom is -0.0619 e. The van der Waals surface area contributed by atoms with Gasteiger partial charge in [-0.25, -0.2) is 0 Å². The zero-order valence-corrected chi connectivity index (χ0v) is 40.1. The van der Waals surface area contributed by atoms with Gasteiger partial charge in [0, 0.05) is 16.2 Å². The smallest absolute Gasteiger partial charge is 0.0159 e. The Morgan fingerprint density at radius 3 is 1.38 bits per heavy atom. The summed E-state index contributed by atoms with van der Waals surface area (Å²) in [7, 11) is 0. The fourth-order valence-electron chi connectivity index (χ4n) is 13.3. The van der Waals surface area contributed by atoms with Crippen LogP contribution in [0.3, 0.4) is 0 Å². The number of fused-ring (bicyclic) bond motifs is 12. The monoisotopic (exact) mass is 880 g/mol. The van der Waals surface area contributed by atoms with Crippen molar-refractivity contribution in [2.75, 3.05) is 0 Å². The van der Waals surface area contributed by atoms with E-state index in [2.05, 4.69) is 248 Å². The van der Waals surface area contributed by atoms with Crippen molar-refractivity contribution in [3.8, 4) is 77.9 Å². The van der Waals surface area contributed by atoms with Gasteiger partial charge >= 0.3 is 0 Å². The molecule has 0 fully saturated rings. The van der Waals surface area contributed by atoms with Crippen LogP contribution in [0.2, 0.25) is 0 Å². The first-order chi connectivity index (χ1) is 33.5. The van der Waals surface area contributed by atoms with Gasteiger partial charge in [0.1, 0.15) is 0 Å². The molecule has 0 heterocycles. The SMILES string of the molecule is CC1(C)c2ccccc2-c2ccc(-c3ccc4c(-c5ccc6c(c5)C(C)(C)c5cc(-c7cccc8ccccc78)ccc5-6)c5ccccc5c(-c5cccc6c5-c5ccccc5C6(C)C)c4c3)cc21. The minimum atomic E-state index is -0.203. The molecular formula is C69H52. The lowest BCUT2D eigenvalue weighted by Crippen LogP contribution is -2.15. The van der Waals surface area contributed by atoms with Gasteiger partial charge in [-0.2, -0.15) is 0 Å². The molecule has 0 radical (unpaired) electrons. The van der Waals surface area contributed by atoms with E-state index in [1.54, 1.807) is 0 Å². The summed E-state index contributed by atoms with van der Waals surface area (Å²) in [5.74, 6) is 0. The largest absolute Gasteiger partial charge is 0.0619 e. The molecule has 0 N–H and O–H groups in total. The van der Waals surface area contributed by atoms with Gasteiger partial charge in [0.2, 0.25) is 0 Å². The van der Waals surface area contributed by atoms with Crippen molar-refractivity contribution in [2.45, 2.75) is 57.8 Å². The van der Waals surface area contributed by atoms with Gasteiger partial charge in [0.25, 0.3) is 0 Å². The van der Waals surface area contributed by atoms with Crippen LogP contribution in [0.25, 0.3) is 110 Å². The van der Waals surface area contributed by atoms with Crippen LogP contribution in [0.4, 0.5) is 0 Å². The third kappa shape index (κ3) is 5.52. The van der Waals surface area contributed by atoms with Gasteiger partial charge in [-0.05, 0) is 168 Å². The zero-order chi connectivity index (χ0) is 46.6. The molecule has 0 bridgehead atoms. The van der Waals surface area contributed by atoms with E-state index in [0.29, 0.717) is 0 Å². The van der Waals surface area contributed by atoms with Crippen LogP contribution in [-0.4, -0.2) is 0 Å². The summed E-state index contributed by atoms with van der Waals surface area (Å²) in [6, 6.07) is 78.8. The van der Waals surface area contributed by atoms with Gasteiger partial charge in [-0.1, -0.05) is 224 Å². The predicted octanol–water partition coefficient (Wildman–Crippen LogP) is 18.7. The summed E-state index contributed by atoms with van der Waals surface area (Å²) in [5.41, 5.74) is 26.2. The molecule has 0 spiro atoms. The molecule has 0 nitrogen and oxygen atoms in total. The number of hydrogen-bond acceptors (Lipinski definition) is 0. The lowest BCUT2D eigenvalue weighted by Gasteiger charge is -2.24. The normalized spacial score (nSPS) is 15.2. The molecule has 0 saturated carbocycles. The number of benzene rings is 11. The molecule has 0 aliphatic heterocycles. The molecule has 11 aromatic rings. The fourth-order valence-corrected chi connectivity index (χ4v) is 13.3. The topological polar surface area (TPSA) is 0 Å². The Labute approximate surface area is 405 Å². The Balaban J connectivity index is 1.00. The van der Waals surface area contributed by atoms with Gasteiger partial charge in [0.05, 0.1) is 0 Å². The molecule has 0 amide bonds. The fraction of sp³-hybridized carbons (Fsp3) is 0.130. The Morgan fingerprint density at radius 2 is 0.638 bits per heavy atom. The van der Waals surface area contributed by atoms with Gasteiger partial charge < -0.3 is 0 Å². The third-order valence-corrected chi connectivity index (χ3v) is 16.9. The van der Waals surface area contributed by atoms with Crippen LogP contribution in [0, 0.1) is 0 Å². The highest BCUT2D eigenvalue weighted by molar-refractivity contribution is 6.23. The minimum absolute atomic E-state index is 0.0867. The van der Waals surface area contributed by atoms with Gasteiger partial charge in [-0.3, -0.25) is 0 Å². The molecule has 0 atom stereocenters. The summed E-state index contributed by atoms with van der Waals surface area (Å²) in [4.78, 5) is 0. The molecule has 11 aromatic carbocycles. The van der Waals surface area contributed by atoms with Gasteiger partial charge in [-0.15, -0.1) is 0 Å². The third-order valence-electron chi connectivity index (χ3n) is 16.9. The van der Waals surface area contributed by atoms with E-state index in [0.717, 1.165) is 0 Å². The molecule has 328 valence electrons. The second kappa shape index (κ2) is 14.1. The van der Waals surface area contributed by atoms with Crippen molar-refractivity contribution in [1.29, 1.82) is 0 Å². The summed E-state index contributed by atoms with van der Waals surface area (Å²) in [6.07, 6.45) is 0. The zero-order valence-electron chi connectivity index (χ0n) is 40.1. The van der Waals surface area contributed by atoms with Gasteiger partial charge in [0.15, 0.2) is 0 Å². The summed E-state index contributed by atoms with van der Waals surface area (Å²) in [5, 5.41) is 7.67. The van der Waals surface area contributed by atoms with E-state index >= 15 is 0 Å². The van der Waals surface area contributed by atoms with Crippen LogP contribution in [0.1, 0.15) is 74.9 Å². The van der Waals surface area contributed by atoms with E-state index in [-0.39, 0.29) is 16.2 Å².